The van der Waals surface area contributed by atoms with Gasteiger partial charge in [-0.1, -0.05) is 6.07 Å². The van der Waals surface area contributed by atoms with Gasteiger partial charge in [0.2, 0.25) is 11.8 Å². The van der Waals surface area contributed by atoms with Crippen LogP contribution in [0.25, 0.3) is 0 Å². The minimum Gasteiger partial charge on any atom is -0.345 e. The monoisotopic (exact) mass is 268 g/mol. The molecule has 1 fully saturated rings. The fourth-order valence-corrected chi connectivity index (χ4v) is 2.10. The van der Waals surface area contributed by atoms with Crippen molar-refractivity contribution in [1.29, 1.82) is 0 Å². The van der Waals surface area contributed by atoms with Crippen LogP contribution in [0, 0.1) is 17.6 Å². The molecule has 1 heterocycles. The number of anilines is 1. The maximum atomic E-state index is 13.4. The second-order valence-corrected chi connectivity index (χ2v) is 4.55. The lowest BCUT2D eigenvalue weighted by atomic mass is 9.96. The highest BCUT2D eigenvalue weighted by Gasteiger charge is 2.32. The van der Waals surface area contributed by atoms with Crippen molar-refractivity contribution in [3.05, 3.63) is 29.8 Å². The number of carbonyl (C=O) groups excluding carboxylic acids is 2. The van der Waals surface area contributed by atoms with Crippen LogP contribution in [0.4, 0.5) is 14.5 Å². The first kappa shape index (κ1) is 13.5. The largest absolute Gasteiger partial charge is 0.345 e. The van der Waals surface area contributed by atoms with Crippen molar-refractivity contribution in [1.82, 2.24) is 4.90 Å². The van der Waals surface area contributed by atoms with Gasteiger partial charge in [0.15, 0.2) is 11.6 Å². The quantitative estimate of drug-likeness (QED) is 0.831. The van der Waals surface area contributed by atoms with Gasteiger partial charge in [-0.25, -0.2) is 8.78 Å². The Kier molecular flexibility index (Phi) is 3.78. The second-order valence-electron chi connectivity index (χ2n) is 4.55. The van der Waals surface area contributed by atoms with Crippen LogP contribution in [0.1, 0.15) is 12.8 Å². The van der Waals surface area contributed by atoms with Crippen molar-refractivity contribution < 1.29 is 18.4 Å². The number of benzene rings is 1. The minimum absolute atomic E-state index is 0.244. The normalized spacial score (nSPS) is 19.4. The molecule has 2 amide bonds. The number of nitrogens with one attached hydrogen (secondary N) is 1. The summed E-state index contributed by atoms with van der Waals surface area (Å²) in [5.41, 5.74) is -0.244. The van der Waals surface area contributed by atoms with Gasteiger partial charge in [0.1, 0.15) is 5.92 Å². The molecule has 1 aromatic rings. The standard InChI is InChI=1S/C13H14F2N2O2/c1-17-7-3-4-8(13(17)19)12(18)16-10-6-2-5-9(14)11(10)15/h2,5-6,8H,3-4,7H2,1H3,(H,16,18)/t8-/m0/s1. The van der Waals surface area contributed by atoms with Crippen molar-refractivity contribution in [2.75, 3.05) is 18.9 Å². The third-order valence-corrected chi connectivity index (χ3v) is 3.19. The number of hydrogen-bond acceptors (Lipinski definition) is 2. The second kappa shape index (κ2) is 5.34. The summed E-state index contributed by atoms with van der Waals surface area (Å²) < 4.78 is 26.4. The lowest BCUT2D eigenvalue weighted by Crippen LogP contribution is -2.43. The number of hydrogen-bond donors (Lipinski definition) is 1. The highest BCUT2D eigenvalue weighted by atomic mass is 19.2. The van der Waals surface area contributed by atoms with E-state index in [1.54, 1.807) is 7.05 Å². The number of likely N-dealkylation sites (tertiary alicyclic amines) is 1. The summed E-state index contributed by atoms with van der Waals surface area (Å²) in [6.45, 7) is 0.608. The summed E-state index contributed by atoms with van der Waals surface area (Å²) in [7, 11) is 1.62. The van der Waals surface area contributed by atoms with Crippen molar-refractivity contribution in [2.24, 2.45) is 5.92 Å². The van der Waals surface area contributed by atoms with E-state index in [9.17, 15) is 18.4 Å². The molecule has 1 saturated heterocycles. The Hall–Kier alpha value is -1.98. The van der Waals surface area contributed by atoms with Crippen LogP contribution in [-0.2, 0) is 9.59 Å². The molecule has 1 N–H and O–H groups in total. The van der Waals surface area contributed by atoms with Crippen LogP contribution >= 0.6 is 0 Å². The fourth-order valence-electron chi connectivity index (χ4n) is 2.10. The van der Waals surface area contributed by atoms with E-state index in [-0.39, 0.29) is 11.6 Å². The molecule has 0 radical (unpaired) electrons. The molecular formula is C13H14F2N2O2. The van der Waals surface area contributed by atoms with Crippen LogP contribution in [0.2, 0.25) is 0 Å². The van der Waals surface area contributed by atoms with Crippen molar-refractivity contribution in [3.63, 3.8) is 0 Å². The van der Waals surface area contributed by atoms with Crippen LogP contribution in [-0.4, -0.2) is 30.3 Å². The van der Waals surface area contributed by atoms with E-state index in [4.69, 9.17) is 0 Å². The smallest absolute Gasteiger partial charge is 0.237 e. The molecule has 2 rings (SSSR count). The van der Waals surface area contributed by atoms with E-state index in [0.29, 0.717) is 19.4 Å². The van der Waals surface area contributed by atoms with Gasteiger partial charge in [-0.15, -0.1) is 0 Å². The third kappa shape index (κ3) is 2.72. The van der Waals surface area contributed by atoms with E-state index in [2.05, 4.69) is 5.32 Å². The first-order valence-electron chi connectivity index (χ1n) is 6.00. The summed E-state index contributed by atoms with van der Waals surface area (Å²) >= 11 is 0. The molecule has 0 aliphatic carbocycles. The number of nitrogens with zero attached hydrogens (tertiary/aromatic N) is 1. The predicted molar refractivity (Wildman–Crippen MR) is 65.3 cm³/mol. The van der Waals surface area contributed by atoms with Gasteiger partial charge in [0.05, 0.1) is 5.69 Å². The number of halogens is 2. The topological polar surface area (TPSA) is 49.4 Å². The zero-order chi connectivity index (χ0) is 14.0. The van der Waals surface area contributed by atoms with Gasteiger partial charge in [0.25, 0.3) is 0 Å². The molecule has 1 atom stereocenters. The molecule has 0 saturated carbocycles. The highest BCUT2D eigenvalue weighted by molar-refractivity contribution is 6.06. The Morgan fingerprint density at radius 2 is 2.16 bits per heavy atom. The summed E-state index contributed by atoms with van der Waals surface area (Å²) in [5.74, 6) is -3.87. The van der Waals surface area contributed by atoms with Gasteiger partial charge >= 0.3 is 0 Å². The number of carbonyl (C=O) groups is 2. The molecule has 0 bridgehead atoms. The molecule has 102 valence electrons. The molecular weight excluding hydrogens is 254 g/mol. The minimum atomic E-state index is -1.12. The summed E-state index contributed by atoms with van der Waals surface area (Å²) in [4.78, 5) is 25.2. The number of piperidine rings is 1. The molecule has 4 nitrogen and oxygen atoms in total. The summed E-state index contributed by atoms with van der Waals surface area (Å²) in [6.07, 6.45) is 1.14. The Morgan fingerprint density at radius 1 is 1.42 bits per heavy atom. The highest BCUT2D eigenvalue weighted by Crippen LogP contribution is 2.21. The van der Waals surface area contributed by atoms with Gasteiger partial charge in [-0.3, -0.25) is 9.59 Å². The zero-order valence-corrected chi connectivity index (χ0v) is 10.5. The van der Waals surface area contributed by atoms with Crippen molar-refractivity contribution in [2.45, 2.75) is 12.8 Å². The van der Waals surface area contributed by atoms with Crippen LogP contribution in [0.5, 0.6) is 0 Å². The Bertz CT molecular complexity index is 519. The lowest BCUT2D eigenvalue weighted by Gasteiger charge is -2.28. The zero-order valence-electron chi connectivity index (χ0n) is 10.5. The van der Waals surface area contributed by atoms with Gasteiger partial charge in [-0.05, 0) is 25.0 Å². The predicted octanol–water partition coefficient (Wildman–Crippen LogP) is 1.77. The Labute approximate surface area is 109 Å². The van der Waals surface area contributed by atoms with Gasteiger partial charge in [0, 0.05) is 13.6 Å². The first-order chi connectivity index (χ1) is 9.00. The Morgan fingerprint density at radius 3 is 2.89 bits per heavy atom. The average molecular weight is 268 g/mol. The third-order valence-electron chi connectivity index (χ3n) is 3.19. The molecule has 6 heteroatoms. The van der Waals surface area contributed by atoms with E-state index < -0.39 is 23.5 Å². The van der Waals surface area contributed by atoms with E-state index in [1.807, 2.05) is 0 Å². The van der Waals surface area contributed by atoms with Crippen LogP contribution < -0.4 is 5.32 Å². The van der Waals surface area contributed by atoms with E-state index in [1.165, 1.54) is 17.0 Å². The Balaban J connectivity index is 2.13. The molecule has 1 aliphatic heterocycles. The van der Waals surface area contributed by atoms with Gasteiger partial charge < -0.3 is 10.2 Å². The van der Waals surface area contributed by atoms with E-state index in [0.717, 1.165) is 6.07 Å². The number of amides is 2. The number of rotatable bonds is 2. The van der Waals surface area contributed by atoms with Crippen LogP contribution in [0.3, 0.4) is 0 Å². The SMILES string of the molecule is CN1CCC[C@@H](C(=O)Nc2cccc(F)c2F)C1=O. The van der Waals surface area contributed by atoms with Crippen molar-refractivity contribution in [3.8, 4) is 0 Å². The molecule has 19 heavy (non-hydrogen) atoms. The van der Waals surface area contributed by atoms with E-state index >= 15 is 0 Å². The maximum absolute atomic E-state index is 13.4. The van der Waals surface area contributed by atoms with Gasteiger partial charge in [-0.2, -0.15) is 0 Å². The van der Waals surface area contributed by atoms with Crippen LogP contribution in [0.15, 0.2) is 18.2 Å². The molecule has 0 unspecified atom stereocenters. The maximum Gasteiger partial charge on any atom is 0.237 e. The lowest BCUT2D eigenvalue weighted by molar-refractivity contribution is -0.142. The fraction of sp³-hybridized carbons (Fsp3) is 0.385. The molecule has 0 aromatic heterocycles. The summed E-state index contributed by atoms with van der Waals surface area (Å²) in [6, 6.07) is 3.51. The summed E-state index contributed by atoms with van der Waals surface area (Å²) in [5, 5.41) is 2.27. The van der Waals surface area contributed by atoms with Crippen molar-refractivity contribution >= 4 is 17.5 Å². The first-order valence-corrected chi connectivity index (χ1v) is 6.00. The molecule has 1 aliphatic rings. The molecule has 1 aromatic carbocycles. The molecule has 0 spiro atoms. The average Bonchev–Trinajstić information content (AvgIpc) is 2.38.